The van der Waals surface area contributed by atoms with Gasteiger partial charge in [-0.05, 0) is 62.0 Å². The lowest BCUT2D eigenvalue weighted by atomic mass is 10.1. The molecule has 4 rings (SSSR count). The van der Waals surface area contributed by atoms with E-state index in [4.69, 9.17) is 14.2 Å². The fourth-order valence-corrected chi connectivity index (χ4v) is 4.36. The van der Waals surface area contributed by atoms with E-state index in [0.29, 0.717) is 23.6 Å². The van der Waals surface area contributed by atoms with Gasteiger partial charge in [0.05, 0.1) is 31.7 Å². The summed E-state index contributed by atoms with van der Waals surface area (Å²) >= 11 is 0. The van der Waals surface area contributed by atoms with Crippen molar-refractivity contribution >= 4 is 17.4 Å². The lowest BCUT2D eigenvalue weighted by Gasteiger charge is -2.22. The summed E-state index contributed by atoms with van der Waals surface area (Å²) in [6, 6.07) is 12.7. The van der Waals surface area contributed by atoms with E-state index in [1.807, 2.05) is 38.4 Å². The van der Waals surface area contributed by atoms with Crippen LogP contribution in [-0.2, 0) is 12.6 Å². The Morgan fingerprint density at radius 2 is 1.85 bits per heavy atom. The van der Waals surface area contributed by atoms with Crippen LogP contribution in [0.3, 0.4) is 0 Å². The maximum absolute atomic E-state index is 13.5. The third-order valence-corrected chi connectivity index (χ3v) is 6.42. The van der Waals surface area contributed by atoms with Gasteiger partial charge in [0.1, 0.15) is 17.6 Å². The van der Waals surface area contributed by atoms with Gasteiger partial charge in [-0.15, -0.1) is 0 Å². The van der Waals surface area contributed by atoms with Crippen molar-refractivity contribution in [2.45, 2.75) is 25.1 Å². The first-order chi connectivity index (χ1) is 18.6. The third kappa shape index (κ3) is 6.72. The van der Waals surface area contributed by atoms with E-state index in [2.05, 4.69) is 15.2 Å². The monoisotopic (exact) mass is 544 g/mol. The van der Waals surface area contributed by atoms with E-state index >= 15 is 0 Å². The molecular weight excluding hydrogens is 513 g/mol. The average Bonchev–Trinajstić information content (AvgIpc) is 3.34. The zero-order chi connectivity index (χ0) is 28.2. The summed E-state index contributed by atoms with van der Waals surface area (Å²) in [6.45, 7) is 1.04. The third-order valence-electron chi connectivity index (χ3n) is 6.42. The molecular formula is C28H31F3N4O4. The van der Waals surface area contributed by atoms with Crippen molar-refractivity contribution in [2.24, 2.45) is 0 Å². The highest BCUT2D eigenvalue weighted by Crippen LogP contribution is 2.42. The zero-order valence-electron chi connectivity index (χ0n) is 22.2. The minimum atomic E-state index is -4.61. The Balaban J connectivity index is 1.46. The molecule has 1 unspecified atom stereocenters. The number of carbonyl (C=O) groups excluding carboxylic acids is 1. The number of benzene rings is 2. The highest BCUT2D eigenvalue weighted by atomic mass is 19.4. The van der Waals surface area contributed by atoms with Crippen molar-refractivity contribution in [3.05, 3.63) is 71.4 Å². The summed E-state index contributed by atoms with van der Waals surface area (Å²) in [5.41, 5.74) is 1.25. The van der Waals surface area contributed by atoms with E-state index in [-0.39, 0.29) is 24.1 Å². The van der Waals surface area contributed by atoms with Crippen LogP contribution in [0.2, 0.25) is 0 Å². The van der Waals surface area contributed by atoms with Gasteiger partial charge in [0.15, 0.2) is 0 Å². The van der Waals surface area contributed by atoms with Crippen molar-refractivity contribution in [3.63, 3.8) is 0 Å². The molecule has 11 heteroatoms. The summed E-state index contributed by atoms with van der Waals surface area (Å²) in [6.07, 6.45) is -2.27. The lowest BCUT2D eigenvalue weighted by Crippen LogP contribution is -2.33. The lowest BCUT2D eigenvalue weighted by molar-refractivity contribution is -0.138. The number of urea groups is 1. The highest BCUT2D eigenvalue weighted by Gasteiger charge is 2.37. The average molecular weight is 545 g/mol. The van der Waals surface area contributed by atoms with Crippen LogP contribution in [0.25, 0.3) is 0 Å². The van der Waals surface area contributed by atoms with Crippen LogP contribution in [0.1, 0.15) is 29.2 Å². The van der Waals surface area contributed by atoms with Crippen LogP contribution >= 0.6 is 0 Å². The highest BCUT2D eigenvalue weighted by molar-refractivity contribution is 6.03. The van der Waals surface area contributed by atoms with Gasteiger partial charge in [0, 0.05) is 31.3 Å². The second-order valence-corrected chi connectivity index (χ2v) is 9.37. The molecule has 2 heterocycles. The molecule has 0 radical (unpaired) electrons. The van der Waals surface area contributed by atoms with Gasteiger partial charge in [-0.3, -0.25) is 4.90 Å². The van der Waals surface area contributed by atoms with Crippen molar-refractivity contribution in [3.8, 4) is 17.4 Å². The number of methoxy groups -OCH3 is 2. The Labute approximate surface area is 225 Å². The quantitative estimate of drug-likeness (QED) is 0.368. The predicted molar refractivity (Wildman–Crippen MR) is 142 cm³/mol. The number of pyridine rings is 1. The minimum Gasteiger partial charge on any atom is -0.497 e. The number of anilines is 2. The molecule has 8 nitrogen and oxygen atoms in total. The molecule has 1 atom stereocenters. The van der Waals surface area contributed by atoms with E-state index in [1.54, 1.807) is 19.2 Å². The number of nitrogens with zero attached hydrogens (tertiary/aromatic N) is 3. The first kappa shape index (κ1) is 28.0. The van der Waals surface area contributed by atoms with Crippen LogP contribution in [0.4, 0.5) is 29.3 Å². The number of aromatic nitrogens is 1. The molecule has 208 valence electrons. The van der Waals surface area contributed by atoms with Crippen molar-refractivity contribution in [1.29, 1.82) is 0 Å². The zero-order valence-corrected chi connectivity index (χ0v) is 22.2. The SMILES string of the molecule is COc1ccc(C(CCN(C)C)Oc2ccc(NC(=O)N3CCc4cc(OC)c(C(F)(F)F)cc43)cn2)cc1. The molecule has 0 aliphatic carbocycles. The number of rotatable bonds is 9. The van der Waals surface area contributed by atoms with Crippen LogP contribution in [0, 0.1) is 0 Å². The molecule has 2 aromatic carbocycles. The molecule has 0 fully saturated rings. The Kier molecular flexibility index (Phi) is 8.49. The van der Waals surface area contributed by atoms with Gasteiger partial charge < -0.3 is 24.4 Å². The van der Waals surface area contributed by atoms with Crippen molar-refractivity contribution in [2.75, 3.05) is 51.6 Å². The molecule has 0 bridgehead atoms. The number of carbonyl (C=O) groups is 1. The van der Waals surface area contributed by atoms with Crippen molar-refractivity contribution in [1.82, 2.24) is 9.88 Å². The first-order valence-corrected chi connectivity index (χ1v) is 12.4. The van der Waals surface area contributed by atoms with Gasteiger partial charge >= 0.3 is 12.2 Å². The Morgan fingerprint density at radius 1 is 1.10 bits per heavy atom. The second kappa shape index (κ2) is 11.8. The smallest absolute Gasteiger partial charge is 0.420 e. The summed E-state index contributed by atoms with van der Waals surface area (Å²) < 4.78 is 56.9. The van der Waals surface area contributed by atoms with Gasteiger partial charge in [-0.25, -0.2) is 9.78 Å². The van der Waals surface area contributed by atoms with Gasteiger partial charge in [-0.1, -0.05) is 12.1 Å². The molecule has 1 aromatic heterocycles. The number of fused-ring (bicyclic) bond motifs is 1. The largest absolute Gasteiger partial charge is 0.497 e. The van der Waals surface area contributed by atoms with Gasteiger partial charge in [-0.2, -0.15) is 13.2 Å². The molecule has 1 aliphatic heterocycles. The van der Waals surface area contributed by atoms with Crippen LogP contribution in [0.15, 0.2) is 54.7 Å². The van der Waals surface area contributed by atoms with Crippen LogP contribution < -0.4 is 24.4 Å². The molecule has 0 saturated heterocycles. The summed E-state index contributed by atoms with van der Waals surface area (Å²) in [5, 5.41) is 2.71. The predicted octanol–water partition coefficient (Wildman–Crippen LogP) is 5.78. The number of ether oxygens (including phenoxy) is 3. The fourth-order valence-electron chi connectivity index (χ4n) is 4.36. The number of amides is 2. The van der Waals surface area contributed by atoms with E-state index in [0.717, 1.165) is 30.3 Å². The molecule has 0 spiro atoms. The molecule has 1 N–H and O–H groups in total. The summed E-state index contributed by atoms with van der Waals surface area (Å²) in [5.74, 6) is 0.862. The first-order valence-electron chi connectivity index (χ1n) is 12.4. The Morgan fingerprint density at radius 3 is 2.44 bits per heavy atom. The standard InChI is InChI=1S/C28H31F3N4O4/c1-34(2)13-12-24(18-5-8-21(37-3)9-6-18)39-26-10-7-20(17-32-26)33-27(36)35-14-11-19-15-25(38-4)22(16-23(19)35)28(29,30)31/h5-10,15-17,24H,11-14H2,1-4H3,(H,33,36). The van der Waals surface area contributed by atoms with Gasteiger partial charge in [0.25, 0.3) is 0 Å². The molecule has 0 saturated carbocycles. The van der Waals surface area contributed by atoms with E-state index < -0.39 is 17.8 Å². The fraction of sp³-hybridized carbons (Fsp3) is 0.357. The maximum atomic E-state index is 13.5. The normalized spacial score (nSPS) is 13.7. The van der Waals surface area contributed by atoms with Crippen LogP contribution in [-0.4, -0.2) is 57.3 Å². The number of alkyl halides is 3. The summed E-state index contributed by atoms with van der Waals surface area (Å²) in [4.78, 5) is 20.7. The molecule has 3 aromatic rings. The molecule has 2 amide bonds. The number of nitrogens with one attached hydrogen (secondary N) is 1. The molecule has 1 aliphatic rings. The Bertz CT molecular complexity index is 1280. The molecule has 39 heavy (non-hydrogen) atoms. The topological polar surface area (TPSA) is 76.2 Å². The maximum Gasteiger partial charge on any atom is 0.420 e. The Hall–Kier alpha value is -3.99. The minimum absolute atomic E-state index is 0.205. The number of halogens is 3. The van der Waals surface area contributed by atoms with Gasteiger partial charge in [0.2, 0.25) is 5.88 Å². The summed E-state index contributed by atoms with van der Waals surface area (Å²) in [7, 11) is 6.77. The van der Waals surface area contributed by atoms with Crippen molar-refractivity contribution < 1.29 is 32.2 Å². The van der Waals surface area contributed by atoms with E-state index in [1.165, 1.54) is 24.3 Å². The number of hydrogen-bond acceptors (Lipinski definition) is 6. The van der Waals surface area contributed by atoms with Crippen LogP contribution in [0.5, 0.6) is 17.4 Å². The second-order valence-electron chi connectivity index (χ2n) is 9.37. The van der Waals surface area contributed by atoms with E-state index in [9.17, 15) is 18.0 Å². The number of hydrogen-bond donors (Lipinski definition) is 1.